The van der Waals surface area contributed by atoms with Crippen molar-refractivity contribution in [1.82, 2.24) is 4.90 Å². The summed E-state index contributed by atoms with van der Waals surface area (Å²) in [4.78, 5) is 14.0. The number of likely N-dealkylation sites (tertiary alicyclic amines) is 1. The van der Waals surface area contributed by atoms with Crippen molar-refractivity contribution in [2.24, 2.45) is 5.73 Å². The standard InChI is InChI=1S/C15H21FN2O2/c1-11(15(19)18-9-2-3-10-18)20-14-12(7-8-17)5-4-6-13(14)16/h4-6,11H,2-3,7-10,17H2,1H3. The van der Waals surface area contributed by atoms with Crippen LogP contribution in [0.2, 0.25) is 0 Å². The van der Waals surface area contributed by atoms with Gasteiger partial charge >= 0.3 is 0 Å². The van der Waals surface area contributed by atoms with Crippen LogP contribution < -0.4 is 10.5 Å². The van der Waals surface area contributed by atoms with Crippen molar-refractivity contribution in [3.63, 3.8) is 0 Å². The van der Waals surface area contributed by atoms with E-state index in [0.29, 0.717) is 18.5 Å². The number of para-hydroxylation sites is 1. The molecule has 4 nitrogen and oxygen atoms in total. The van der Waals surface area contributed by atoms with Crippen molar-refractivity contribution in [3.8, 4) is 5.75 Å². The van der Waals surface area contributed by atoms with Crippen LogP contribution in [-0.2, 0) is 11.2 Å². The van der Waals surface area contributed by atoms with Crippen LogP contribution in [0, 0.1) is 5.82 Å². The Bertz CT molecular complexity index is 473. The van der Waals surface area contributed by atoms with E-state index in [1.807, 2.05) is 0 Å². The first kappa shape index (κ1) is 14.8. The molecular formula is C15H21FN2O2. The van der Waals surface area contributed by atoms with Crippen LogP contribution in [0.5, 0.6) is 5.75 Å². The van der Waals surface area contributed by atoms with Crippen molar-refractivity contribution >= 4 is 5.91 Å². The van der Waals surface area contributed by atoms with Crippen molar-refractivity contribution in [3.05, 3.63) is 29.6 Å². The zero-order valence-electron chi connectivity index (χ0n) is 11.8. The molecule has 0 bridgehead atoms. The van der Waals surface area contributed by atoms with E-state index in [4.69, 9.17) is 10.5 Å². The number of nitrogens with zero attached hydrogens (tertiary/aromatic N) is 1. The fraction of sp³-hybridized carbons (Fsp3) is 0.533. The molecule has 1 fully saturated rings. The molecule has 1 aromatic rings. The largest absolute Gasteiger partial charge is 0.478 e. The van der Waals surface area contributed by atoms with Gasteiger partial charge in [-0.25, -0.2) is 4.39 Å². The second kappa shape index (κ2) is 6.70. The van der Waals surface area contributed by atoms with Crippen molar-refractivity contribution in [2.75, 3.05) is 19.6 Å². The summed E-state index contributed by atoms with van der Waals surface area (Å²) in [5, 5.41) is 0. The highest BCUT2D eigenvalue weighted by Gasteiger charge is 2.25. The third-order valence-electron chi connectivity index (χ3n) is 3.52. The van der Waals surface area contributed by atoms with E-state index < -0.39 is 11.9 Å². The lowest BCUT2D eigenvalue weighted by molar-refractivity contribution is -0.136. The topological polar surface area (TPSA) is 55.6 Å². The zero-order chi connectivity index (χ0) is 14.5. The summed E-state index contributed by atoms with van der Waals surface area (Å²) in [6.45, 7) is 3.60. The molecule has 0 aliphatic carbocycles. The Balaban J connectivity index is 2.10. The minimum absolute atomic E-state index is 0.0792. The van der Waals surface area contributed by atoms with Crippen LogP contribution in [0.1, 0.15) is 25.3 Å². The average molecular weight is 280 g/mol. The number of hydrogen-bond acceptors (Lipinski definition) is 3. The second-order valence-electron chi connectivity index (χ2n) is 5.06. The van der Waals surface area contributed by atoms with Crippen LogP contribution in [0.3, 0.4) is 0 Å². The van der Waals surface area contributed by atoms with Gasteiger partial charge < -0.3 is 15.4 Å². The van der Waals surface area contributed by atoms with Gasteiger partial charge in [0.2, 0.25) is 0 Å². The third-order valence-corrected chi connectivity index (χ3v) is 3.52. The molecule has 20 heavy (non-hydrogen) atoms. The van der Waals surface area contributed by atoms with Crippen LogP contribution >= 0.6 is 0 Å². The van der Waals surface area contributed by atoms with Gasteiger partial charge in [-0.2, -0.15) is 0 Å². The molecule has 0 aromatic heterocycles. The molecule has 5 heteroatoms. The lowest BCUT2D eigenvalue weighted by atomic mass is 10.1. The Morgan fingerprint density at radius 2 is 2.15 bits per heavy atom. The maximum Gasteiger partial charge on any atom is 0.263 e. The molecule has 0 spiro atoms. The second-order valence-corrected chi connectivity index (χ2v) is 5.06. The molecular weight excluding hydrogens is 259 g/mol. The van der Waals surface area contributed by atoms with E-state index in [1.165, 1.54) is 6.07 Å². The number of hydrogen-bond donors (Lipinski definition) is 1. The number of nitrogens with two attached hydrogens (primary N) is 1. The first-order chi connectivity index (χ1) is 9.63. The molecule has 1 aromatic carbocycles. The van der Waals surface area contributed by atoms with Crippen molar-refractivity contribution in [2.45, 2.75) is 32.3 Å². The predicted molar refractivity (Wildman–Crippen MR) is 75.1 cm³/mol. The summed E-state index contributed by atoms with van der Waals surface area (Å²) in [5.74, 6) is -0.375. The number of carbonyl (C=O) groups is 1. The minimum atomic E-state index is -0.679. The molecule has 1 aliphatic rings. The summed E-state index contributed by atoms with van der Waals surface area (Å²) < 4.78 is 19.5. The van der Waals surface area contributed by atoms with Gasteiger partial charge in [0.25, 0.3) is 5.91 Å². The lowest BCUT2D eigenvalue weighted by Gasteiger charge is -2.22. The van der Waals surface area contributed by atoms with Gasteiger partial charge in [0, 0.05) is 13.1 Å². The van der Waals surface area contributed by atoms with Gasteiger partial charge in [0.1, 0.15) is 0 Å². The molecule has 2 N–H and O–H groups in total. The summed E-state index contributed by atoms with van der Waals surface area (Å²) in [6.07, 6.45) is 1.90. The Labute approximate surface area is 118 Å². The maximum absolute atomic E-state index is 13.9. The van der Waals surface area contributed by atoms with Crippen LogP contribution in [0.15, 0.2) is 18.2 Å². The number of amides is 1. The van der Waals surface area contributed by atoms with E-state index >= 15 is 0 Å². The zero-order valence-corrected chi connectivity index (χ0v) is 11.8. The fourth-order valence-electron chi connectivity index (χ4n) is 2.46. The van der Waals surface area contributed by atoms with Crippen molar-refractivity contribution < 1.29 is 13.9 Å². The highest BCUT2D eigenvalue weighted by atomic mass is 19.1. The molecule has 1 saturated heterocycles. The molecule has 0 saturated carbocycles. The molecule has 2 rings (SSSR count). The SMILES string of the molecule is CC(Oc1c(F)cccc1CCN)C(=O)N1CCCC1. The van der Waals surface area contributed by atoms with E-state index in [0.717, 1.165) is 25.9 Å². The number of halogens is 1. The van der Waals surface area contributed by atoms with Crippen LogP contribution in [0.25, 0.3) is 0 Å². The van der Waals surface area contributed by atoms with E-state index in [-0.39, 0.29) is 11.7 Å². The molecule has 0 radical (unpaired) electrons. The Hall–Kier alpha value is -1.62. The van der Waals surface area contributed by atoms with Gasteiger partial charge in [0.15, 0.2) is 17.7 Å². The number of benzene rings is 1. The van der Waals surface area contributed by atoms with Gasteiger partial charge in [-0.1, -0.05) is 12.1 Å². The van der Waals surface area contributed by atoms with Crippen LogP contribution in [-0.4, -0.2) is 36.5 Å². The normalized spacial score (nSPS) is 16.2. The minimum Gasteiger partial charge on any atom is -0.478 e. The molecule has 1 atom stereocenters. The monoisotopic (exact) mass is 280 g/mol. The highest BCUT2D eigenvalue weighted by Crippen LogP contribution is 2.25. The Morgan fingerprint density at radius 3 is 2.80 bits per heavy atom. The lowest BCUT2D eigenvalue weighted by Crippen LogP contribution is -2.38. The molecule has 1 amide bonds. The fourth-order valence-corrected chi connectivity index (χ4v) is 2.46. The maximum atomic E-state index is 13.9. The third kappa shape index (κ3) is 3.28. The molecule has 1 unspecified atom stereocenters. The summed E-state index contributed by atoms with van der Waals surface area (Å²) in [6, 6.07) is 4.74. The van der Waals surface area contributed by atoms with Gasteiger partial charge in [-0.3, -0.25) is 4.79 Å². The van der Waals surface area contributed by atoms with E-state index in [2.05, 4.69) is 0 Å². The van der Waals surface area contributed by atoms with Crippen molar-refractivity contribution in [1.29, 1.82) is 0 Å². The number of carbonyl (C=O) groups excluding carboxylic acids is 1. The molecule has 1 heterocycles. The highest BCUT2D eigenvalue weighted by molar-refractivity contribution is 5.81. The number of ether oxygens (including phenoxy) is 1. The molecule has 110 valence electrons. The van der Waals surface area contributed by atoms with Crippen LogP contribution in [0.4, 0.5) is 4.39 Å². The summed E-state index contributed by atoms with van der Waals surface area (Å²) >= 11 is 0. The first-order valence-electron chi connectivity index (χ1n) is 7.06. The predicted octanol–water partition coefficient (Wildman–Crippen LogP) is 1.72. The Morgan fingerprint density at radius 1 is 1.45 bits per heavy atom. The first-order valence-corrected chi connectivity index (χ1v) is 7.06. The summed E-state index contributed by atoms with van der Waals surface area (Å²) in [7, 11) is 0. The van der Waals surface area contributed by atoms with Gasteiger partial charge in [0.05, 0.1) is 0 Å². The number of rotatable bonds is 5. The summed E-state index contributed by atoms with van der Waals surface area (Å²) in [5.41, 5.74) is 6.22. The smallest absolute Gasteiger partial charge is 0.263 e. The van der Waals surface area contributed by atoms with E-state index in [9.17, 15) is 9.18 Å². The van der Waals surface area contributed by atoms with E-state index in [1.54, 1.807) is 24.0 Å². The van der Waals surface area contributed by atoms with Gasteiger partial charge in [-0.05, 0) is 44.4 Å². The van der Waals surface area contributed by atoms with Gasteiger partial charge in [-0.15, -0.1) is 0 Å². The average Bonchev–Trinajstić information content (AvgIpc) is 2.96. The Kier molecular flexibility index (Phi) is 4.95. The quantitative estimate of drug-likeness (QED) is 0.893. The molecule has 1 aliphatic heterocycles.